The first-order valence-corrected chi connectivity index (χ1v) is 6.29. The van der Waals surface area contributed by atoms with Gasteiger partial charge in [-0.1, -0.05) is 11.6 Å². The van der Waals surface area contributed by atoms with E-state index in [1.54, 1.807) is 0 Å². The van der Waals surface area contributed by atoms with E-state index in [1.165, 1.54) is 19.2 Å². The summed E-state index contributed by atoms with van der Waals surface area (Å²) in [7, 11) is 0. The molecule has 0 unspecified atom stereocenters. The molecule has 0 amide bonds. The highest BCUT2D eigenvalue weighted by Crippen LogP contribution is 2.27. The van der Waals surface area contributed by atoms with Crippen molar-refractivity contribution in [3.63, 3.8) is 0 Å². The second kappa shape index (κ2) is 6.05. The first-order valence-electron chi connectivity index (χ1n) is 5.92. The van der Waals surface area contributed by atoms with Crippen LogP contribution in [0.5, 0.6) is 11.5 Å². The molecule has 0 bridgehead atoms. The molecule has 2 N–H and O–H groups in total. The van der Waals surface area contributed by atoms with Gasteiger partial charge < -0.3 is 10.2 Å². The molecule has 0 saturated heterocycles. The maximum Gasteiger partial charge on any atom is 0.165 e. The van der Waals surface area contributed by atoms with E-state index in [9.17, 15) is 13.9 Å². The Labute approximate surface area is 124 Å². The smallest absolute Gasteiger partial charge is 0.165 e. The molecule has 0 radical (unpaired) electrons. The molecule has 21 heavy (non-hydrogen) atoms. The summed E-state index contributed by atoms with van der Waals surface area (Å²) in [6.45, 7) is 1.49. The lowest BCUT2D eigenvalue weighted by atomic mass is 10.1. The molecule has 0 saturated carbocycles. The minimum absolute atomic E-state index is 0.0398. The predicted molar refractivity (Wildman–Crippen MR) is 74.8 cm³/mol. The number of hydrogen-bond donors (Lipinski definition) is 2. The van der Waals surface area contributed by atoms with Crippen LogP contribution in [0.15, 0.2) is 29.4 Å². The summed E-state index contributed by atoms with van der Waals surface area (Å²) in [6, 6.07) is 3.27. The normalized spacial score (nSPS) is 11.7. The number of pyridine rings is 1. The van der Waals surface area contributed by atoms with Crippen LogP contribution in [0.4, 0.5) is 8.78 Å². The van der Waals surface area contributed by atoms with Crippen molar-refractivity contribution in [2.45, 2.75) is 13.5 Å². The molecule has 0 fully saturated rings. The number of benzene rings is 1. The van der Waals surface area contributed by atoms with Crippen LogP contribution >= 0.6 is 11.6 Å². The minimum atomic E-state index is -0.879. The number of phenolic OH excluding ortho intramolecular Hbond substituents is 2. The van der Waals surface area contributed by atoms with Crippen molar-refractivity contribution in [1.29, 1.82) is 0 Å². The van der Waals surface area contributed by atoms with Gasteiger partial charge in [0.15, 0.2) is 22.5 Å². The number of phenols is 2. The van der Waals surface area contributed by atoms with Crippen LogP contribution in [0, 0.1) is 11.6 Å². The van der Waals surface area contributed by atoms with Crippen LogP contribution in [-0.2, 0) is 6.54 Å². The summed E-state index contributed by atoms with van der Waals surface area (Å²) in [5.74, 6) is -2.52. The Bertz CT molecular complexity index is 720. The van der Waals surface area contributed by atoms with Gasteiger partial charge in [0.25, 0.3) is 0 Å². The van der Waals surface area contributed by atoms with E-state index < -0.39 is 17.4 Å². The molecular weight excluding hydrogens is 302 g/mol. The van der Waals surface area contributed by atoms with Gasteiger partial charge in [0.1, 0.15) is 5.75 Å². The zero-order valence-electron chi connectivity index (χ0n) is 10.9. The van der Waals surface area contributed by atoms with E-state index >= 15 is 0 Å². The lowest BCUT2D eigenvalue weighted by Gasteiger charge is -2.07. The highest BCUT2D eigenvalue weighted by atomic mass is 35.5. The quantitative estimate of drug-likeness (QED) is 0.674. The molecule has 110 valence electrons. The number of nitrogens with zero attached hydrogens (tertiary/aromatic N) is 2. The zero-order valence-corrected chi connectivity index (χ0v) is 11.7. The van der Waals surface area contributed by atoms with Gasteiger partial charge in [-0.05, 0) is 19.1 Å². The molecule has 0 aliphatic rings. The lowest BCUT2D eigenvalue weighted by molar-refractivity contribution is 0.418. The molecule has 1 heterocycles. The molecular formula is C14H11ClF2N2O2. The monoisotopic (exact) mass is 312 g/mol. The summed E-state index contributed by atoms with van der Waals surface area (Å²) in [5.41, 5.74) is 0.637. The number of halogens is 3. The fraction of sp³-hybridized carbons (Fsp3) is 0.143. The maximum absolute atomic E-state index is 13.6. The van der Waals surface area contributed by atoms with E-state index in [2.05, 4.69) is 9.98 Å². The summed E-state index contributed by atoms with van der Waals surface area (Å²) < 4.78 is 26.9. The van der Waals surface area contributed by atoms with Gasteiger partial charge in [-0.25, -0.2) is 13.8 Å². The second-order valence-electron chi connectivity index (χ2n) is 4.30. The largest absolute Gasteiger partial charge is 0.507 e. The molecule has 2 aromatic rings. The third-order valence-electron chi connectivity index (χ3n) is 2.87. The van der Waals surface area contributed by atoms with Crippen LogP contribution in [0.1, 0.15) is 18.1 Å². The summed E-state index contributed by atoms with van der Waals surface area (Å²) >= 11 is 5.56. The van der Waals surface area contributed by atoms with Crippen LogP contribution in [0.2, 0.25) is 5.15 Å². The van der Waals surface area contributed by atoms with E-state index in [-0.39, 0.29) is 28.6 Å². The van der Waals surface area contributed by atoms with Gasteiger partial charge in [0, 0.05) is 29.1 Å². The molecule has 0 spiro atoms. The number of hydrogen-bond acceptors (Lipinski definition) is 4. The van der Waals surface area contributed by atoms with Crippen molar-refractivity contribution in [1.82, 2.24) is 4.98 Å². The third-order valence-corrected chi connectivity index (χ3v) is 3.13. The van der Waals surface area contributed by atoms with E-state index in [0.717, 1.165) is 12.1 Å². The van der Waals surface area contributed by atoms with E-state index in [0.29, 0.717) is 5.71 Å². The number of aromatic hydroxyl groups is 2. The van der Waals surface area contributed by atoms with E-state index in [4.69, 9.17) is 16.7 Å². The molecule has 2 rings (SSSR count). The van der Waals surface area contributed by atoms with Gasteiger partial charge >= 0.3 is 0 Å². The topological polar surface area (TPSA) is 65.7 Å². The standard InChI is InChI=1S/C14H11ClF2N2O2/c1-7(9-4-10(16)12(21)5-11(9)20)19-6-8-2-3-18-14(15)13(8)17/h2-5,20-21H,6H2,1H3. The lowest BCUT2D eigenvalue weighted by Crippen LogP contribution is -1.99. The number of rotatable bonds is 3. The molecule has 0 aliphatic heterocycles. The molecule has 1 aromatic carbocycles. The van der Waals surface area contributed by atoms with Crippen LogP contribution < -0.4 is 0 Å². The molecule has 0 aliphatic carbocycles. The SMILES string of the molecule is CC(=NCc1ccnc(Cl)c1F)c1cc(F)c(O)cc1O. The highest BCUT2D eigenvalue weighted by Gasteiger charge is 2.11. The average Bonchev–Trinajstić information content (AvgIpc) is 2.44. The average molecular weight is 313 g/mol. The molecule has 0 atom stereocenters. The summed E-state index contributed by atoms with van der Waals surface area (Å²) in [6.07, 6.45) is 1.35. The summed E-state index contributed by atoms with van der Waals surface area (Å²) in [5, 5.41) is 18.6. The minimum Gasteiger partial charge on any atom is -0.507 e. The van der Waals surface area contributed by atoms with Gasteiger partial charge in [-0.3, -0.25) is 4.99 Å². The van der Waals surface area contributed by atoms with Gasteiger partial charge in [-0.15, -0.1) is 0 Å². The Morgan fingerprint density at radius 1 is 1.29 bits per heavy atom. The van der Waals surface area contributed by atoms with Crippen LogP contribution in [0.3, 0.4) is 0 Å². The van der Waals surface area contributed by atoms with Crippen LogP contribution in [0.25, 0.3) is 0 Å². The Morgan fingerprint density at radius 3 is 2.71 bits per heavy atom. The highest BCUT2D eigenvalue weighted by molar-refractivity contribution is 6.29. The maximum atomic E-state index is 13.6. The molecule has 7 heteroatoms. The van der Waals surface area contributed by atoms with Crippen molar-refractivity contribution in [3.8, 4) is 11.5 Å². The second-order valence-corrected chi connectivity index (χ2v) is 4.66. The fourth-order valence-corrected chi connectivity index (χ4v) is 1.88. The van der Waals surface area contributed by atoms with Gasteiger partial charge in [-0.2, -0.15) is 0 Å². The third kappa shape index (κ3) is 3.28. The Hall–Kier alpha value is -2.21. The Kier molecular flexibility index (Phi) is 4.37. The van der Waals surface area contributed by atoms with Gasteiger partial charge in [0.05, 0.1) is 6.54 Å². The zero-order chi connectivity index (χ0) is 15.6. The van der Waals surface area contributed by atoms with Crippen molar-refractivity contribution in [2.24, 2.45) is 4.99 Å². The van der Waals surface area contributed by atoms with Crippen molar-refractivity contribution < 1.29 is 19.0 Å². The van der Waals surface area contributed by atoms with Crippen molar-refractivity contribution >= 4 is 17.3 Å². The predicted octanol–water partition coefficient (Wildman–Crippen LogP) is 3.43. The number of aliphatic imine (C=N–C) groups is 1. The van der Waals surface area contributed by atoms with Crippen molar-refractivity contribution in [3.05, 3.63) is 52.3 Å². The van der Waals surface area contributed by atoms with Crippen LogP contribution in [-0.4, -0.2) is 20.9 Å². The fourth-order valence-electron chi connectivity index (χ4n) is 1.71. The van der Waals surface area contributed by atoms with E-state index in [1.807, 2.05) is 0 Å². The molecule has 1 aromatic heterocycles. The van der Waals surface area contributed by atoms with Crippen molar-refractivity contribution in [2.75, 3.05) is 0 Å². The Balaban J connectivity index is 2.30. The summed E-state index contributed by atoms with van der Waals surface area (Å²) in [4.78, 5) is 7.66. The van der Waals surface area contributed by atoms with Gasteiger partial charge in [0.2, 0.25) is 0 Å². The molecule has 4 nitrogen and oxygen atoms in total. The Morgan fingerprint density at radius 2 is 2.00 bits per heavy atom. The first kappa shape index (κ1) is 15.2. The first-order chi connectivity index (χ1) is 9.90. The number of aromatic nitrogens is 1.